The molecule has 0 radical (unpaired) electrons. The molecule has 126 heavy (non-hydrogen) atoms. The highest BCUT2D eigenvalue weighted by atomic mass is 16.3. The van der Waals surface area contributed by atoms with Crippen molar-refractivity contribution in [1.82, 2.24) is 0 Å². The van der Waals surface area contributed by atoms with Crippen LogP contribution in [-0.4, -0.2) is 39.8 Å². The molecule has 7 unspecified atom stereocenters. The number of rotatable bonds is 18. The van der Waals surface area contributed by atoms with Crippen LogP contribution in [-0.2, 0) is 14.4 Å². The lowest BCUT2D eigenvalue weighted by atomic mass is 9.47. The quantitative estimate of drug-likeness (QED) is 0.133. The van der Waals surface area contributed by atoms with E-state index in [1.54, 1.807) is 41.7 Å². The maximum absolute atomic E-state index is 12.2. The van der Waals surface area contributed by atoms with Gasteiger partial charge in [-0.05, 0) is 356 Å². The van der Waals surface area contributed by atoms with Gasteiger partial charge in [0.2, 0.25) is 0 Å². The molecule has 0 amide bonds. The van der Waals surface area contributed by atoms with E-state index in [0.29, 0.717) is 63.2 Å². The Morgan fingerprint density at radius 1 is 0.373 bits per heavy atom. The van der Waals surface area contributed by atoms with Crippen LogP contribution in [0.1, 0.15) is 489 Å². The molecule has 2 N–H and O–H groups in total. The zero-order valence-electron chi connectivity index (χ0n) is 89.1. The zero-order chi connectivity index (χ0) is 94.9. The summed E-state index contributed by atoms with van der Waals surface area (Å²) in [5.41, 5.74) is 9.58. The van der Waals surface area contributed by atoms with Gasteiger partial charge in [0.05, 0.1) is 12.2 Å². The van der Waals surface area contributed by atoms with Gasteiger partial charge in [-0.15, -0.1) is 26.3 Å². The van der Waals surface area contributed by atoms with Gasteiger partial charge in [-0.1, -0.05) is 337 Å². The van der Waals surface area contributed by atoms with E-state index >= 15 is 0 Å². The highest BCUT2D eigenvalue weighted by molar-refractivity contribution is 5.80. The second kappa shape index (κ2) is 63.7. The molecule has 25 atom stereocenters. The summed E-state index contributed by atoms with van der Waals surface area (Å²) in [7, 11) is 0. The molecule has 12 saturated carbocycles. The summed E-state index contributed by atoms with van der Waals surface area (Å²) in [5.74, 6) is 17.2. The van der Waals surface area contributed by atoms with Crippen molar-refractivity contribution in [2.24, 2.45) is 140 Å². The first-order valence-corrected chi connectivity index (χ1v) is 54.6. The molecule has 0 heterocycles. The maximum atomic E-state index is 12.2. The minimum Gasteiger partial charge on any atom is -0.393 e. The molecule has 0 saturated heterocycles. The molecule has 0 spiro atoms. The summed E-state index contributed by atoms with van der Waals surface area (Å²) < 4.78 is 0. The predicted molar refractivity (Wildman–Crippen MR) is 558 cm³/mol. The van der Waals surface area contributed by atoms with Crippen LogP contribution < -0.4 is 0 Å². The lowest BCUT2D eigenvalue weighted by molar-refractivity contribution is -0.127. The Bertz CT molecular complexity index is 3060. The van der Waals surface area contributed by atoms with Gasteiger partial charge in [-0.25, -0.2) is 0 Å². The molecule has 0 aromatic rings. The Kier molecular flexibility index (Phi) is 60.0. The van der Waals surface area contributed by atoms with Gasteiger partial charge in [0.1, 0.15) is 17.3 Å². The molecule has 0 aromatic carbocycles. The zero-order valence-corrected chi connectivity index (χ0v) is 89.1. The molecule has 5 nitrogen and oxygen atoms in total. The van der Waals surface area contributed by atoms with Crippen LogP contribution in [0.3, 0.4) is 0 Å². The van der Waals surface area contributed by atoms with Crippen molar-refractivity contribution in [3.8, 4) is 0 Å². The van der Waals surface area contributed by atoms with Crippen LogP contribution in [0.4, 0.5) is 0 Å². The Balaban J connectivity index is 0.000000488. The van der Waals surface area contributed by atoms with Gasteiger partial charge >= 0.3 is 0 Å². The molecule has 14 aliphatic carbocycles. The summed E-state index contributed by atoms with van der Waals surface area (Å²) in [6.07, 6.45) is 80.0. The monoisotopic (exact) mass is 1750 g/mol. The first-order chi connectivity index (χ1) is 59.9. The molecule has 0 aromatic heterocycles. The number of carbonyl (C=O) groups excluding carboxylic acids is 3. The highest BCUT2D eigenvalue weighted by Gasteiger charge is 2.61. The number of fused-ring (bicyclic) bond motifs is 10. The van der Waals surface area contributed by atoms with E-state index in [1.807, 2.05) is 31.2 Å². The van der Waals surface area contributed by atoms with E-state index in [2.05, 4.69) is 223 Å². The van der Waals surface area contributed by atoms with Gasteiger partial charge in [0.25, 0.3) is 0 Å². The van der Waals surface area contributed by atoms with Crippen molar-refractivity contribution >= 4 is 17.3 Å². The second-order valence-electron chi connectivity index (χ2n) is 44.5. The molecular weight excluding hydrogens is 1530 g/mol. The fourth-order valence-electron chi connectivity index (χ4n) is 27.4. The third kappa shape index (κ3) is 37.1. The number of carbonyl (C=O) groups is 3. The highest BCUT2D eigenvalue weighted by Crippen LogP contribution is 2.69. The Morgan fingerprint density at radius 2 is 0.706 bits per heavy atom. The van der Waals surface area contributed by atoms with E-state index in [4.69, 9.17) is 0 Å². The first kappa shape index (κ1) is 119. The van der Waals surface area contributed by atoms with Crippen molar-refractivity contribution in [2.75, 3.05) is 0 Å². The van der Waals surface area contributed by atoms with Gasteiger partial charge in [-0.3, -0.25) is 14.4 Å². The number of unbranched alkanes of at least 4 members (excludes halogenated alkanes) is 2. The van der Waals surface area contributed by atoms with Gasteiger partial charge in [0.15, 0.2) is 0 Å². The normalized spacial score (nSPS) is 35.5. The van der Waals surface area contributed by atoms with Crippen LogP contribution in [0, 0.1) is 140 Å². The lowest BCUT2D eigenvalue weighted by Gasteiger charge is -2.58. The average molecular weight is 1750 g/mol. The molecule has 5 heteroatoms. The molecule has 730 valence electrons. The van der Waals surface area contributed by atoms with E-state index in [0.717, 1.165) is 166 Å². The summed E-state index contributed by atoms with van der Waals surface area (Å²) in [5, 5.41) is 20.2. The summed E-state index contributed by atoms with van der Waals surface area (Å²) >= 11 is 0. The van der Waals surface area contributed by atoms with Crippen molar-refractivity contribution in [2.45, 2.75) is 501 Å². The number of Topliss-reactive ketones (excluding diaryl/α,β-unsaturated/α-hetero) is 3. The maximum Gasteiger partial charge on any atom is 0.133 e. The molecule has 0 bridgehead atoms. The summed E-state index contributed by atoms with van der Waals surface area (Å²) in [6, 6.07) is 0. The van der Waals surface area contributed by atoms with Crippen LogP contribution in [0.15, 0.2) is 109 Å². The van der Waals surface area contributed by atoms with Gasteiger partial charge < -0.3 is 10.2 Å². The summed E-state index contributed by atoms with van der Waals surface area (Å²) in [6.45, 7) is 74.3. The van der Waals surface area contributed by atoms with E-state index < -0.39 is 0 Å². The van der Waals surface area contributed by atoms with Gasteiger partial charge in [-0.2, -0.15) is 0 Å². The standard InChI is InChI=1S/C24H38O.C21H32O2.C11H22.2C11H20.2C8H14O.C6H12.C5H12.4C4H8/c1-5-6-16(2)20-9-10-21-19-8-7-17-15-18(25)11-13-23(17,3)22(19)12-14-24(20,21)4;1-13(22)17-6-7-18-16-5-4-14-12-15(23)8-10-20(14,2)19(16)9-11-21(17,18)3;3*1-4-6-9(2)11-8-5-7-10(11)3;2*1-6-4-3-5-8(6)7(2)9;1-6-4-2-3-5-6;1-3-5-4-2;4*1-3-4-2/h6-7,18-22,25H,5,8-15H2,1-4H3;4,15-19,23H,5-12H2,1-3H3;9-11H,4-8H2,1-3H3;2*6,10-11H,4-5,7-8H2,1-3H3;2*6,8H,3-5H2,1-2H3;6H,2-5H2,1H3;3-5H2,1-2H3;4*3H,1,4H2,2H3/b16-6+;;;2*9-6+;;;;;;;;/t18-,19?,20+,21?,22?,23-,24+;15-,16?,17+,18?,19?,20-,21+;9?,10-,11-;2*10-,11-;2*6-,8+;;;;;;/m0011111....../s1. The Labute approximate surface area is 786 Å². The van der Waals surface area contributed by atoms with Crippen molar-refractivity contribution in [3.05, 3.63) is 109 Å². The van der Waals surface area contributed by atoms with E-state index in [1.165, 1.54) is 225 Å². The number of hydrogen-bond donors (Lipinski definition) is 2. The Morgan fingerprint density at radius 3 is 0.976 bits per heavy atom. The first-order valence-electron chi connectivity index (χ1n) is 54.6. The molecule has 12 fully saturated rings. The molecule has 14 aliphatic rings. The molecular formula is C121H216O5. The smallest absolute Gasteiger partial charge is 0.133 e. The van der Waals surface area contributed by atoms with Crippen LogP contribution >= 0.6 is 0 Å². The predicted octanol–water partition coefficient (Wildman–Crippen LogP) is 37.0. The number of aliphatic hydroxyl groups is 2. The van der Waals surface area contributed by atoms with Crippen molar-refractivity contribution < 1.29 is 24.6 Å². The second-order valence-corrected chi connectivity index (χ2v) is 44.5. The van der Waals surface area contributed by atoms with Crippen molar-refractivity contribution in [1.29, 1.82) is 0 Å². The summed E-state index contributed by atoms with van der Waals surface area (Å²) in [4.78, 5) is 33.9. The SMILES string of the molecule is C=CCC.C=CCC.C=CCC.C=CCC.CC(=O)[C@H]1CCC2C3CC=C4C[C@@H](O)CC[C@]4(C)C3CC[C@@]21C.CC(=O)[C@H]1CCC[C@H]1C.CC(=O)[C@H]1CCC[C@H]1C.CC/C=C(\C)[C@H]1CCC2C3CC=C4C[C@@H](O)CC[C@]4(C)C3CC[C@@]21C.CC/C=C(\C)[C@H]1CCC[C@H]1C.CC/C=C(\C)[C@H]1CCC[C@H]1C.CC1CCCC1.CCCC(C)[C@H]1CCC[C@H]1C.CCCCC. The third-order valence-electron chi connectivity index (χ3n) is 35.3. The molecule has 14 rings (SSSR count). The number of aliphatic hydroxyl groups excluding tert-OH is 2. The average Bonchev–Trinajstić information content (AvgIpc) is 1.46. The van der Waals surface area contributed by atoms with Crippen LogP contribution in [0.25, 0.3) is 0 Å². The largest absolute Gasteiger partial charge is 0.393 e. The Hall–Kier alpha value is -3.41. The number of allylic oxidation sites excluding steroid dienone is 12. The third-order valence-corrected chi connectivity index (χ3v) is 35.3. The van der Waals surface area contributed by atoms with Gasteiger partial charge in [0, 0.05) is 17.8 Å². The van der Waals surface area contributed by atoms with Crippen molar-refractivity contribution in [3.63, 3.8) is 0 Å². The number of ketones is 3. The topological polar surface area (TPSA) is 91.7 Å². The minimum absolute atomic E-state index is 0.0811. The fraction of sp³-hybridized carbons (Fsp3) is 0.826. The van der Waals surface area contributed by atoms with E-state index in [9.17, 15) is 24.6 Å². The van der Waals surface area contributed by atoms with Crippen LogP contribution in [0.2, 0.25) is 0 Å². The van der Waals surface area contributed by atoms with Crippen LogP contribution in [0.5, 0.6) is 0 Å². The lowest BCUT2D eigenvalue weighted by Crippen LogP contribution is -2.50. The molecule has 0 aliphatic heterocycles. The fourth-order valence-corrected chi connectivity index (χ4v) is 27.4. The van der Waals surface area contributed by atoms with E-state index in [-0.39, 0.29) is 17.6 Å². The minimum atomic E-state index is -0.117. The number of hydrogen-bond acceptors (Lipinski definition) is 5.